The summed E-state index contributed by atoms with van der Waals surface area (Å²) in [5.41, 5.74) is 0.435. The number of aliphatic hydroxyl groups excluding tert-OH is 1. The van der Waals surface area contributed by atoms with Crippen LogP contribution in [0.15, 0.2) is 29.4 Å². The first-order valence-electron chi connectivity index (χ1n) is 7.38. The van der Waals surface area contributed by atoms with Crippen LogP contribution >= 0.6 is 0 Å². The van der Waals surface area contributed by atoms with E-state index in [1.165, 1.54) is 31.4 Å². The van der Waals surface area contributed by atoms with Crippen LogP contribution in [-0.2, 0) is 4.84 Å². The number of nitrogens with zero attached hydrogens (tertiary/aromatic N) is 3. The minimum Gasteiger partial charge on any atom is -0.392 e. The molecular formula is C15H20N3O4. The first-order valence-corrected chi connectivity index (χ1v) is 7.38. The van der Waals surface area contributed by atoms with Crippen molar-refractivity contribution < 1.29 is 14.9 Å². The molecule has 0 spiro atoms. The van der Waals surface area contributed by atoms with Crippen molar-refractivity contribution >= 4 is 11.9 Å². The highest BCUT2D eigenvalue weighted by Crippen LogP contribution is 2.11. The third kappa shape index (κ3) is 5.42. The molecule has 1 fully saturated rings. The number of rotatable bonds is 7. The average molecular weight is 306 g/mol. The number of aliphatic hydroxyl groups is 1. The van der Waals surface area contributed by atoms with Crippen molar-refractivity contribution in [3.05, 3.63) is 39.9 Å². The fourth-order valence-corrected chi connectivity index (χ4v) is 2.39. The number of nitro benzene ring substituents is 1. The number of likely N-dealkylation sites (tertiary alicyclic amines) is 1. The third-order valence-electron chi connectivity index (χ3n) is 3.48. The summed E-state index contributed by atoms with van der Waals surface area (Å²) >= 11 is 0. The van der Waals surface area contributed by atoms with E-state index in [0.717, 1.165) is 13.1 Å². The van der Waals surface area contributed by atoms with Gasteiger partial charge >= 0.3 is 0 Å². The molecule has 0 bridgehead atoms. The molecule has 1 heterocycles. The van der Waals surface area contributed by atoms with Crippen LogP contribution < -0.4 is 0 Å². The monoisotopic (exact) mass is 306 g/mol. The number of hydrogen-bond acceptors (Lipinski definition) is 6. The van der Waals surface area contributed by atoms with Crippen LogP contribution in [0.1, 0.15) is 24.8 Å². The largest absolute Gasteiger partial charge is 0.392 e. The third-order valence-corrected chi connectivity index (χ3v) is 3.48. The van der Waals surface area contributed by atoms with Crippen LogP contribution in [0.2, 0.25) is 0 Å². The summed E-state index contributed by atoms with van der Waals surface area (Å²) in [6, 6.07) is 5.95. The zero-order chi connectivity index (χ0) is 15.8. The Labute approximate surface area is 129 Å². The number of benzene rings is 1. The quantitative estimate of drug-likeness (QED) is 0.470. The van der Waals surface area contributed by atoms with E-state index in [-0.39, 0.29) is 12.3 Å². The molecule has 1 atom stereocenters. The van der Waals surface area contributed by atoms with Crippen molar-refractivity contribution in [1.82, 2.24) is 4.90 Å². The van der Waals surface area contributed by atoms with Gasteiger partial charge in [0.2, 0.25) is 0 Å². The lowest BCUT2D eigenvalue weighted by molar-refractivity contribution is -0.384. The number of hydrogen-bond donors (Lipinski definition) is 1. The van der Waals surface area contributed by atoms with E-state index in [1.54, 1.807) is 12.1 Å². The van der Waals surface area contributed by atoms with Gasteiger partial charge in [-0.2, -0.15) is 0 Å². The summed E-state index contributed by atoms with van der Waals surface area (Å²) in [5.74, 6) is 0. The van der Waals surface area contributed by atoms with E-state index in [1.807, 2.05) is 0 Å². The summed E-state index contributed by atoms with van der Waals surface area (Å²) in [5, 5.41) is 24.1. The average Bonchev–Trinajstić information content (AvgIpc) is 2.53. The Bertz CT molecular complexity index is 515. The molecule has 1 unspecified atom stereocenters. The maximum Gasteiger partial charge on any atom is 0.270 e. The second-order valence-electron chi connectivity index (χ2n) is 5.32. The van der Waals surface area contributed by atoms with E-state index in [9.17, 15) is 15.2 Å². The van der Waals surface area contributed by atoms with Gasteiger partial charge in [-0.3, -0.25) is 10.1 Å². The zero-order valence-electron chi connectivity index (χ0n) is 12.4. The van der Waals surface area contributed by atoms with E-state index in [0.29, 0.717) is 12.1 Å². The lowest BCUT2D eigenvalue weighted by Crippen LogP contribution is -2.37. The Hall–Kier alpha value is -1.99. The van der Waals surface area contributed by atoms with E-state index in [2.05, 4.69) is 16.3 Å². The normalized spacial score (nSPS) is 17.5. The zero-order valence-corrected chi connectivity index (χ0v) is 12.4. The number of non-ortho nitro benzene ring substituents is 1. The Morgan fingerprint density at radius 3 is 2.91 bits per heavy atom. The van der Waals surface area contributed by atoms with Crippen LogP contribution in [0.5, 0.6) is 0 Å². The van der Waals surface area contributed by atoms with Gasteiger partial charge in [0, 0.05) is 24.2 Å². The molecular weight excluding hydrogens is 286 g/mol. The minimum absolute atomic E-state index is 0.0228. The predicted molar refractivity (Wildman–Crippen MR) is 81.9 cm³/mol. The van der Waals surface area contributed by atoms with Crippen molar-refractivity contribution in [2.24, 2.45) is 5.16 Å². The molecule has 0 aliphatic carbocycles. The molecule has 1 N–H and O–H groups in total. The molecule has 0 saturated carbocycles. The van der Waals surface area contributed by atoms with Gasteiger partial charge in [-0.05, 0) is 25.9 Å². The van der Waals surface area contributed by atoms with Crippen molar-refractivity contribution in [3.63, 3.8) is 0 Å². The van der Waals surface area contributed by atoms with Crippen molar-refractivity contribution in [2.45, 2.75) is 25.4 Å². The molecule has 1 aliphatic rings. The van der Waals surface area contributed by atoms with Crippen molar-refractivity contribution in [3.8, 4) is 0 Å². The van der Waals surface area contributed by atoms with Gasteiger partial charge in [0.1, 0.15) is 18.9 Å². The summed E-state index contributed by atoms with van der Waals surface area (Å²) in [7, 11) is 0. The van der Waals surface area contributed by atoms with Crippen LogP contribution in [0.4, 0.5) is 5.69 Å². The fraction of sp³-hybridized carbons (Fsp3) is 0.533. The molecule has 7 nitrogen and oxygen atoms in total. The Kier molecular flexibility index (Phi) is 6.29. The summed E-state index contributed by atoms with van der Waals surface area (Å²) in [4.78, 5) is 17.4. The molecule has 0 aromatic heterocycles. The SMILES string of the molecule is O=[N+]([O-])c1cccc([C]=NOCC(O)CN2CCCCC2)c1. The Morgan fingerprint density at radius 2 is 2.18 bits per heavy atom. The highest BCUT2D eigenvalue weighted by atomic mass is 16.6. The number of β-amino-alcohol motifs (C(OH)–C–C–N with tert-alkyl or cyclic N) is 1. The highest BCUT2D eigenvalue weighted by Gasteiger charge is 2.14. The number of piperidine rings is 1. The molecule has 1 aromatic rings. The lowest BCUT2D eigenvalue weighted by Gasteiger charge is -2.27. The minimum atomic E-state index is -0.603. The first kappa shape index (κ1) is 16.4. The van der Waals surface area contributed by atoms with Crippen LogP contribution in [-0.4, -0.2) is 53.5 Å². The Balaban J connectivity index is 1.73. The van der Waals surface area contributed by atoms with E-state index < -0.39 is 11.0 Å². The molecule has 1 radical (unpaired) electrons. The van der Waals surface area contributed by atoms with Crippen LogP contribution in [0.3, 0.4) is 0 Å². The van der Waals surface area contributed by atoms with E-state index in [4.69, 9.17) is 4.84 Å². The smallest absolute Gasteiger partial charge is 0.270 e. The van der Waals surface area contributed by atoms with Gasteiger partial charge in [0.05, 0.1) is 4.92 Å². The molecule has 0 amide bonds. The van der Waals surface area contributed by atoms with Crippen molar-refractivity contribution in [2.75, 3.05) is 26.2 Å². The first-order chi connectivity index (χ1) is 10.6. The van der Waals surface area contributed by atoms with Gasteiger partial charge < -0.3 is 14.8 Å². The molecule has 2 rings (SSSR count). The van der Waals surface area contributed by atoms with Crippen LogP contribution in [0.25, 0.3) is 0 Å². The second kappa shape index (κ2) is 8.45. The molecule has 1 aromatic carbocycles. The topological polar surface area (TPSA) is 88.2 Å². The molecule has 7 heteroatoms. The molecule has 119 valence electrons. The van der Waals surface area contributed by atoms with Gasteiger partial charge in [-0.15, -0.1) is 0 Å². The Morgan fingerprint density at radius 1 is 1.41 bits per heavy atom. The van der Waals surface area contributed by atoms with Gasteiger partial charge in [-0.25, -0.2) is 0 Å². The molecule has 22 heavy (non-hydrogen) atoms. The second-order valence-corrected chi connectivity index (χ2v) is 5.32. The molecule has 1 aliphatic heterocycles. The van der Waals surface area contributed by atoms with Gasteiger partial charge in [-0.1, -0.05) is 23.7 Å². The summed E-state index contributed by atoms with van der Waals surface area (Å²) < 4.78 is 0. The summed E-state index contributed by atoms with van der Waals surface area (Å²) in [6.07, 6.45) is 5.57. The lowest BCUT2D eigenvalue weighted by atomic mass is 10.1. The van der Waals surface area contributed by atoms with Gasteiger partial charge in [0.15, 0.2) is 0 Å². The number of nitro groups is 1. The van der Waals surface area contributed by atoms with Gasteiger partial charge in [0.25, 0.3) is 5.69 Å². The van der Waals surface area contributed by atoms with Crippen molar-refractivity contribution in [1.29, 1.82) is 0 Å². The standard InChI is InChI=1S/C15H20N3O4/c19-15(11-17-7-2-1-3-8-17)12-22-16-10-13-5-4-6-14(9-13)18(20)21/h4-6,9,15,19H,1-3,7-8,11-12H2. The fourth-order valence-electron chi connectivity index (χ4n) is 2.39. The maximum absolute atomic E-state index is 10.6. The highest BCUT2D eigenvalue weighted by molar-refractivity contribution is 5.80. The predicted octanol–water partition coefficient (Wildman–Crippen LogP) is 1.67. The maximum atomic E-state index is 10.6. The summed E-state index contributed by atoms with van der Waals surface area (Å²) in [6.45, 7) is 2.69. The van der Waals surface area contributed by atoms with E-state index >= 15 is 0 Å². The van der Waals surface area contributed by atoms with Crippen LogP contribution in [0, 0.1) is 10.1 Å². The molecule has 1 saturated heterocycles.